The Balaban J connectivity index is 2.07. The van der Waals surface area contributed by atoms with Crippen molar-refractivity contribution in [3.63, 3.8) is 0 Å². The maximum Gasteiger partial charge on any atom is 0.208 e. The molecule has 140 valence electrons. The van der Waals surface area contributed by atoms with Crippen molar-refractivity contribution in [3.8, 4) is 11.1 Å². The second-order valence-electron chi connectivity index (χ2n) is 6.12. The van der Waals surface area contributed by atoms with Crippen LogP contribution >= 0.6 is 23.2 Å². The van der Waals surface area contributed by atoms with Crippen molar-refractivity contribution < 1.29 is 12.8 Å². The minimum Gasteiger partial charge on any atom is -0.255 e. The second kappa shape index (κ2) is 7.17. The molecule has 0 saturated carbocycles. The smallest absolute Gasteiger partial charge is 0.208 e. The van der Waals surface area contributed by atoms with Gasteiger partial charge in [-0.1, -0.05) is 35.3 Å². The molecule has 1 aromatic heterocycles. The predicted octanol–water partition coefficient (Wildman–Crippen LogP) is 6.18. The van der Waals surface area contributed by atoms with Gasteiger partial charge < -0.3 is 0 Å². The van der Waals surface area contributed by atoms with Gasteiger partial charge in [0.1, 0.15) is 5.82 Å². The Bertz CT molecular complexity index is 1290. The molecular weight excluding hydrogens is 420 g/mol. The summed E-state index contributed by atoms with van der Waals surface area (Å²) in [7, 11) is -3.95. The first kappa shape index (κ1) is 18.9. The normalized spacial score (nSPS) is 11.7. The van der Waals surface area contributed by atoms with Gasteiger partial charge in [0.15, 0.2) is 0 Å². The average molecular weight is 432 g/mol. The molecule has 28 heavy (non-hydrogen) atoms. The summed E-state index contributed by atoms with van der Waals surface area (Å²) < 4.78 is 39.9. The van der Waals surface area contributed by atoms with Crippen LogP contribution in [0.1, 0.15) is 0 Å². The van der Waals surface area contributed by atoms with Crippen molar-refractivity contribution in [3.05, 3.63) is 88.8 Å². The average Bonchev–Trinajstić information content (AvgIpc) is 2.68. The molecule has 0 atom stereocenters. The van der Waals surface area contributed by atoms with Gasteiger partial charge in [0.25, 0.3) is 0 Å². The van der Waals surface area contributed by atoms with Crippen LogP contribution in [-0.2, 0) is 9.84 Å². The van der Waals surface area contributed by atoms with Crippen LogP contribution in [0.4, 0.5) is 4.39 Å². The van der Waals surface area contributed by atoms with Gasteiger partial charge in [-0.2, -0.15) is 0 Å². The van der Waals surface area contributed by atoms with Crippen LogP contribution in [0.25, 0.3) is 22.0 Å². The molecule has 0 aliphatic rings. The summed E-state index contributed by atoms with van der Waals surface area (Å²) in [4.78, 5) is 4.29. The van der Waals surface area contributed by atoms with E-state index in [1.165, 1.54) is 18.3 Å². The fourth-order valence-electron chi connectivity index (χ4n) is 3.01. The maximum atomic E-state index is 13.3. The summed E-state index contributed by atoms with van der Waals surface area (Å²) in [6.07, 6.45) is 1.32. The van der Waals surface area contributed by atoms with E-state index in [1.807, 2.05) is 0 Å². The van der Waals surface area contributed by atoms with Gasteiger partial charge in [0.05, 0.1) is 15.3 Å². The van der Waals surface area contributed by atoms with Crippen LogP contribution in [0.2, 0.25) is 10.0 Å². The Morgan fingerprint density at radius 3 is 2.14 bits per heavy atom. The first-order chi connectivity index (χ1) is 13.4. The number of hydrogen-bond acceptors (Lipinski definition) is 3. The van der Waals surface area contributed by atoms with Crippen LogP contribution in [0, 0.1) is 5.82 Å². The third-order valence-corrected chi connectivity index (χ3v) is 6.61. The molecule has 4 rings (SSSR count). The molecule has 0 aliphatic heterocycles. The lowest BCUT2D eigenvalue weighted by molar-refractivity contribution is 0.595. The molecule has 7 heteroatoms. The molecule has 0 saturated heterocycles. The number of nitrogens with zero attached hydrogens (tertiary/aromatic N) is 1. The molecular formula is C21H12Cl2FNO2S. The number of hydrogen-bond donors (Lipinski definition) is 0. The zero-order valence-electron chi connectivity index (χ0n) is 14.2. The van der Waals surface area contributed by atoms with Crippen molar-refractivity contribution in [1.29, 1.82) is 0 Å². The lowest BCUT2D eigenvalue weighted by atomic mass is 10.0. The van der Waals surface area contributed by atoms with Crippen LogP contribution in [-0.4, -0.2) is 13.4 Å². The van der Waals surface area contributed by atoms with Crippen molar-refractivity contribution in [1.82, 2.24) is 4.98 Å². The van der Waals surface area contributed by atoms with Gasteiger partial charge in [-0.3, -0.25) is 4.98 Å². The number of halogens is 3. The molecule has 0 N–H and O–H groups in total. The highest BCUT2D eigenvalue weighted by molar-refractivity contribution is 7.91. The summed E-state index contributed by atoms with van der Waals surface area (Å²) in [5.41, 5.74) is 1.72. The van der Waals surface area contributed by atoms with Crippen molar-refractivity contribution in [2.24, 2.45) is 0 Å². The quantitative estimate of drug-likeness (QED) is 0.363. The third-order valence-electron chi connectivity index (χ3n) is 4.34. The Kier molecular flexibility index (Phi) is 4.83. The number of aromatic nitrogens is 1. The molecule has 0 radical (unpaired) electrons. The Hall–Kier alpha value is -2.47. The van der Waals surface area contributed by atoms with Gasteiger partial charge in [-0.15, -0.1) is 0 Å². The molecule has 3 nitrogen and oxygen atoms in total. The number of pyridine rings is 1. The molecule has 0 unspecified atom stereocenters. The van der Waals surface area contributed by atoms with Crippen molar-refractivity contribution >= 4 is 43.9 Å². The van der Waals surface area contributed by atoms with Crippen LogP contribution in [0.3, 0.4) is 0 Å². The monoisotopic (exact) mass is 431 g/mol. The van der Waals surface area contributed by atoms with Gasteiger partial charge in [-0.25, -0.2) is 12.8 Å². The van der Waals surface area contributed by atoms with Gasteiger partial charge in [0, 0.05) is 27.2 Å². The minimum absolute atomic E-state index is 0.0104. The minimum atomic E-state index is -3.95. The van der Waals surface area contributed by atoms with E-state index in [0.29, 0.717) is 32.1 Å². The van der Waals surface area contributed by atoms with E-state index in [-0.39, 0.29) is 9.79 Å². The van der Waals surface area contributed by atoms with E-state index in [9.17, 15) is 12.8 Å². The summed E-state index contributed by atoms with van der Waals surface area (Å²) in [5.74, 6) is -0.514. The third kappa shape index (κ3) is 3.37. The zero-order valence-corrected chi connectivity index (χ0v) is 16.6. The molecule has 3 aromatic carbocycles. The first-order valence-electron chi connectivity index (χ1n) is 8.21. The lowest BCUT2D eigenvalue weighted by Crippen LogP contribution is -2.05. The SMILES string of the molecule is O=S(=O)(c1ccc(F)cc1)c1cnc2ccc(Cl)cc2c1-c1ccc(Cl)cc1. The number of sulfone groups is 1. The highest BCUT2D eigenvalue weighted by Crippen LogP contribution is 2.37. The molecule has 1 heterocycles. The first-order valence-corrected chi connectivity index (χ1v) is 10.4. The highest BCUT2D eigenvalue weighted by atomic mass is 35.5. The Labute approximate surface area is 171 Å². The number of rotatable bonds is 3. The van der Waals surface area contributed by atoms with Gasteiger partial charge >= 0.3 is 0 Å². The molecule has 0 spiro atoms. The Morgan fingerprint density at radius 2 is 1.46 bits per heavy atom. The molecule has 0 amide bonds. The maximum absolute atomic E-state index is 13.3. The van der Waals surface area contributed by atoms with Gasteiger partial charge in [0.2, 0.25) is 9.84 Å². The summed E-state index contributed by atoms with van der Waals surface area (Å²) >= 11 is 12.2. The molecule has 0 fully saturated rings. The van der Waals surface area contributed by atoms with E-state index in [2.05, 4.69) is 4.98 Å². The summed E-state index contributed by atoms with van der Waals surface area (Å²) in [6, 6.07) is 16.6. The standard InChI is InChI=1S/C21H12Cl2FNO2S/c22-14-3-1-13(2-4-14)21-18-11-15(23)5-10-19(18)25-12-20(21)28(26,27)17-8-6-16(24)7-9-17/h1-12H. The lowest BCUT2D eigenvalue weighted by Gasteiger charge is -2.14. The van der Waals surface area contributed by atoms with E-state index in [0.717, 1.165) is 12.1 Å². The number of fused-ring (bicyclic) bond motifs is 1. The topological polar surface area (TPSA) is 47.0 Å². The fraction of sp³-hybridized carbons (Fsp3) is 0. The van der Waals surface area contributed by atoms with Gasteiger partial charge in [-0.05, 0) is 60.2 Å². The van der Waals surface area contributed by atoms with Crippen LogP contribution in [0.5, 0.6) is 0 Å². The van der Waals surface area contributed by atoms with Crippen molar-refractivity contribution in [2.75, 3.05) is 0 Å². The largest absolute Gasteiger partial charge is 0.255 e. The predicted molar refractivity (Wildman–Crippen MR) is 109 cm³/mol. The summed E-state index contributed by atoms with van der Waals surface area (Å²) in [6.45, 7) is 0. The summed E-state index contributed by atoms with van der Waals surface area (Å²) in [5, 5.41) is 1.59. The van der Waals surface area contributed by atoms with Crippen molar-refractivity contribution in [2.45, 2.75) is 9.79 Å². The van der Waals surface area contributed by atoms with E-state index in [1.54, 1.807) is 42.5 Å². The van der Waals surface area contributed by atoms with Crippen LogP contribution < -0.4 is 0 Å². The second-order valence-corrected chi connectivity index (χ2v) is 8.91. The van der Waals surface area contributed by atoms with E-state index < -0.39 is 15.7 Å². The van der Waals surface area contributed by atoms with E-state index >= 15 is 0 Å². The number of benzene rings is 3. The Morgan fingerprint density at radius 1 is 0.821 bits per heavy atom. The molecule has 0 bridgehead atoms. The molecule has 0 aliphatic carbocycles. The van der Waals surface area contributed by atoms with E-state index in [4.69, 9.17) is 23.2 Å². The molecule has 4 aromatic rings. The highest BCUT2D eigenvalue weighted by Gasteiger charge is 2.25. The fourth-order valence-corrected chi connectivity index (χ4v) is 4.74. The zero-order chi connectivity index (χ0) is 19.9. The van der Waals surface area contributed by atoms with Crippen LogP contribution in [0.15, 0.2) is 82.7 Å².